The van der Waals surface area contributed by atoms with Gasteiger partial charge in [-0.05, 0) is 30.9 Å². The Labute approximate surface area is 125 Å². The van der Waals surface area contributed by atoms with E-state index in [1.54, 1.807) is 0 Å². The predicted octanol–water partition coefficient (Wildman–Crippen LogP) is 2.79. The highest BCUT2D eigenvalue weighted by atomic mass is 32.2. The van der Waals surface area contributed by atoms with E-state index in [4.69, 9.17) is 0 Å². The van der Waals surface area contributed by atoms with Crippen molar-refractivity contribution in [2.75, 3.05) is 18.8 Å². The Kier molecular flexibility index (Phi) is 5.92. The van der Waals surface area contributed by atoms with Crippen LogP contribution in [0.4, 0.5) is 0 Å². The highest BCUT2D eigenvalue weighted by molar-refractivity contribution is 7.99. The number of benzene rings is 1. The summed E-state index contributed by atoms with van der Waals surface area (Å²) in [5.41, 5.74) is 0. The van der Waals surface area contributed by atoms with Gasteiger partial charge in [0, 0.05) is 30.2 Å². The molecule has 0 spiro atoms. The molecule has 20 heavy (non-hydrogen) atoms. The van der Waals surface area contributed by atoms with Gasteiger partial charge in [-0.2, -0.15) is 0 Å². The number of carbonyl (C=O) groups is 1. The summed E-state index contributed by atoms with van der Waals surface area (Å²) < 4.78 is 0. The van der Waals surface area contributed by atoms with Gasteiger partial charge >= 0.3 is 0 Å². The van der Waals surface area contributed by atoms with E-state index in [1.807, 2.05) is 34.9 Å². The summed E-state index contributed by atoms with van der Waals surface area (Å²) in [7, 11) is 0. The van der Waals surface area contributed by atoms with Crippen LogP contribution in [0, 0.1) is 5.92 Å². The lowest BCUT2D eigenvalue weighted by Gasteiger charge is -2.24. The van der Waals surface area contributed by atoms with Crippen LogP contribution in [0.5, 0.6) is 0 Å². The fraction of sp³-hybridized carbons (Fsp3) is 0.562. The Bertz CT molecular complexity index is 424. The van der Waals surface area contributed by atoms with Gasteiger partial charge in [-0.15, -0.1) is 11.8 Å². The number of nitrogens with zero attached hydrogens (tertiary/aromatic N) is 1. The summed E-state index contributed by atoms with van der Waals surface area (Å²) in [5, 5.41) is 9.63. The van der Waals surface area contributed by atoms with Crippen molar-refractivity contribution in [3.8, 4) is 0 Å². The number of amides is 1. The molecule has 1 aromatic carbocycles. The topological polar surface area (TPSA) is 40.5 Å². The van der Waals surface area contributed by atoms with Crippen molar-refractivity contribution in [1.82, 2.24) is 4.90 Å². The van der Waals surface area contributed by atoms with Crippen LogP contribution in [0.25, 0.3) is 0 Å². The van der Waals surface area contributed by atoms with Crippen molar-refractivity contribution < 1.29 is 9.90 Å². The molecule has 1 aliphatic heterocycles. The minimum atomic E-state index is -0.307. The summed E-state index contributed by atoms with van der Waals surface area (Å²) in [6.07, 6.45) is 1.50. The molecule has 2 atom stereocenters. The van der Waals surface area contributed by atoms with E-state index in [-0.39, 0.29) is 12.0 Å². The second kappa shape index (κ2) is 7.70. The monoisotopic (exact) mass is 293 g/mol. The lowest BCUT2D eigenvalue weighted by Crippen LogP contribution is -2.35. The number of carbonyl (C=O) groups excluding carboxylic acids is 1. The van der Waals surface area contributed by atoms with Crippen molar-refractivity contribution in [2.45, 2.75) is 37.2 Å². The molecule has 1 amide bonds. The first-order chi connectivity index (χ1) is 9.65. The molecule has 1 aromatic rings. The Morgan fingerprint density at radius 3 is 2.85 bits per heavy atom. The summed E-state index contributed by atoms with van der Waals surface area (Å²) >= 11 is 1.84. The van der Waals surface area contributed by atoms with Crippen molar-refractivity contribution in [3.63, 3.8) is 0 Å². The quantitative estimate of drug-likeness (QED) is 0.849. The first-order valence-electron chi connectivity index (χ1n) is 7.29. The molecular weight excluding hydrogens is 270 g/mol. The number of aliphatic hydroxyl groups excluding tert-OH is 1. The van der Waals surface area contributed by atoms with Gasteiger partial charge < -0.3 is 10.0 Å². The molecule has 3 nitrogen and oxygen atoms in total. The molecule has 4 heteroatoms. The third-order valence-electron chi connectivity index (χ3n) is 3.59. The third kappa shape index (κ3) is 4.84. The SMILES string of the molecule is C[C@@H](CSc1ccccc1)CN1CC[C@H](O)CCC1=O. The van der Waals surface area contributed by atoms with Crippen LogP contribution in [-0.2, 0) is 4.79 Å². The van der Waals surface area contributed by atoms with Gasteiger partial charge in [-0.25, -0.2) is 0 Å². The van der Waals surface area contributed by atoms with Crippen LogP contribution in [0.3, 0.4) is 0 Å². The summed E-state index contributed by atoms with van der Waals surface area (Å²) in [4.78, 5) is 15.2. The van der Waals surface area contributed by atoms with Crippen molar-refractivity contribution in [3.05, 3.63) is 30.3 Å². The van der Waals surface area contributed by atoms with E-state index in [1.165, 1.54) is 4.90 Å². The normalized spacial score (nSPS) is 21.6. The van der Waals surface area contributed by atoms with Gasteiger partial charge in [0.15, 0.2) is 0 Å². The predicted molar refractivity (Wildman–Crippen MR) is 82.8 cm³/mol. The average molecular weight is 293 g/mol. The lowest BCUT2D eigenvalue weighted by molar-refractivity contribution is -0.131. The van der Waals surface area contributed by atoms with E-state index in [9.17, 15) is 9.90 Å². The molecule has 0 saturated carbocycles. The van der Waals surface area contributed by atoms with E-state index in [0.29, 0.717) is 31.7 Å². The zero-order chi connectivity index (χ0) is 14.4. The molecule has 1 N–H and O–H groups in total. The number of hydrogen-bond donors (Lipinski definition) is 1. The van der Waals surface area contributed by atoms with Gasteiger partial charge in [0.1, 0.15) is 0 Å². The molecule has 0 radical (unpaired) electrons. The first kappa shape index (κ1) is 15.4. The molecule has 0 aliphatic carbocycles. The maximum Gasteiger partial charge on any atom is 0.222 e. The largest absolute Gasteiger partial charge is 0.393 e. The van der Waals surface area contributed by atoms with Crippen molar-refractivity contribution >= 4 is 17.7 Å². The molecule has 1 aliphatic rings. The smallest absolute Gasteiger partial charge is 0.222 e. The van der Waals surface area contributed by atoms with Gasteiger partial charge in [0.2, 0.25) is 5.91 Å². The van der Waals surface area contributed by atoms with E-state index >= 15 is 0 Å². The van der Waals surface area contributed by atoms with E-state index in [2.05, 4.69) is 19.1 Å². The second-order valence-electron chi connectivity index (χ2n) is 5.55. The first-order valence-corrected chi connectivity index (χ1v) is 8.27. The van der Waals surface area contributed by atoms with Crippen molar-refractivity contribution in [1.29, 1.82) is 0 Å². The van der Waals surface area contributed by atoms with Gasteiger partial charge in [0.25, 0.3) is 0 Å². The Balaban J connectivity index is 1.78. The average Bonchev–Trinajstić information content (AvgIpc) is 2.62. The Morgan fingerprint density at radius 1 is 1.35 bits per heavy atom. The zero-order valence-corrected chi connectivity index (χ0v) is 12.8. The number of hydrogen-bond acceptors (Lipinski definition) is 3. The van der Waals surface area contributed by atoms with E-state index in [0.717, 1.165) is 12.3 Å². The van der Waals surface area contributed by atoms with Gasteiger partial charge in [-0.1, -0.05) is 25.1 Å². The fourth-order valence-electron chi connectivity index (χ4n) is 2.40. The standard InChI is InChI=1S/C16H23NO2S/c1-13(12-20-15-5-3-2-4-6-15)11-17-10-9-14(18)7-8-16(17)19/h2-6,13-14,18H,7-12H2,1H3/t13-,14-/m1/s1. The Hall–Kier alpha value is -1.00. The molecule has 1 heterocycles. The molecule has 1 saturated heterocycles. The second-order valence-corrected chi connectivity index (χ2v) is 6.64. The van der Waals surface area contributed by atoms with Crippen LogP contribution in [0.1, 0.15) is 26.2 Å². The lowest BCUT2D eigenvalue weighted by atomic mass is 10.2. The molecule has 0 unspecified atom stereocenters. The fourth-order valence-corrected chi connectivity index (χ4v) is 3.33. The molecule has 0 aromatic heterocycles. The summed E-state index contributed by atoms with van der Waals surface area (Å²) in [6.45, 7) is 3.68. The van der Waals surface area contributed by atoms with E-state index < -0.39 is 0 Å². The van der Waals surface area contributed by atoms with Crippen LogP contribution in [0.2, 0.25) is 0 Å². The molecular formula is C16H23NO2S. The highest BCUT2D eigenvalue weighted by Crippen LogP contribution is 2.21. The minimum Gasteiger partial charge on any atom is -0.393 e. The maximum atomic E-state index is 12.0. The third-order valence-corrected chi connectivity index (χ3v) is 4.93. The molecule has 110 valence electrons. The molecule has 1 fully saturated rings. The number of likely N-dealkylation sites (tertiary alicyclic amines) is 1. The van der Waals surface area contributed by atoms with Crippen LogP contribution < -0.4 is 0 Å². The number of rotatable bonds is 5. The van der Waals surface area contributed by atoms with Crippen molar-refractivity contribution in [2.24, 2.45) is 5.92 Å². The number of aliphatic hydroxyl groups is 1. The zero-order valence-electron chi connectivity index (χ0n) is 12.0. The molecule has 0 bridgehead atoms. The molecule has 2 rings (SSSR count). The minimum absolute atomic E-state index is 0.193. The highest BCUT2D eigenvalue weighted by Gasteiger charge is 2.22. The van der Waals surface area contributed by atoms with Crippen LogP contribution >= 0.6 is 11.8 Å². The van der Waals surface area contributed by atoms with Gasteiger partial charge in [-0.3, -0.25) is 4.79 Å². The van der Waals surface area contributed by atoms with Crippen LogP contribution in [-0.4, -0.2) is 40.9 Å². The van der Waals surface area contributed by atoms with Gasteiger partial charge in [0.05, 0.1) is 6.10 Å². The number of thioether (sulfide) groups is 1. The van der Waals surface area contributed by atoms with Crippen LogP contribution in [0.15, 0.2) is 35.2 Å². The maximum absolute atomic E-state index is 12.0. The summed E-state index contributed by atoms with van der Waals surface area (Å²) in [6, 6.07) is 10.4. The Morgan fingerprint density at radius 2 is 2.10 bits per heavy atom. The summed E-state index contributed by atoms with van der Waals surface area (Å²) in [5.74, 6) is 1.66.